The number of carbonyl (C=O) groups is 2. The highest BCUT2D eigenvalue weighted by atomic mass is 16.5. The third kappa shape index (κ3) is 3.74. The Balaban J connectivity index is 1.78. The number of methoxy groups -OCH3 is 2. The van der Waals surface area contributed by atoms with E-state index >= 15 is 0 Å². The van der Waals surface area contributed by atoms with Crippen molar-refractivity contribution in [1.82, 2.24) is 0 Å². The van der Waals surface area contributed by atoms with Crippen LogP contribution in [-0.2, 0) is 11.2 Å². The Labute approximate surface area is 159 Å². The fourth-order valence-electron chi connectivity index (χ4n) is 3.35. The molecule has 0 saturated carbocycles. The maximum atomic E-state index is 12.9. The van der Waals surface area contributed by atoms with Gasteiger partial charge in [-0.2, -0.15) is 0 Å². The highest BCUT2D eigenvalue weighted by molar-refractivity contribution is 6.03. The number of ketones is 1. The average Bonchev–Trinajstić information content (AvgIpc) is 3.11. The van der Waals surface area contributed by atoms with Crippen molar-refractivity contribution in [2.45, 2.75) is 26.3 Å². The van der Waals surface area contributed by atoms with Gasteiger partial charge in [-0.05, 0) is 49.2 Å². The van der Waals surface area contributed by atoms with Gasteiger partial charge in [-0.1, -0.05) is 0 Å². The number of Topliss-reactive ketones (excluding diaryl/α,β-unsaturated/α-hetero) is 1. The Morgan fingerprint density at radius 2 is 1.89 bits per heavy atom. The summed E-state index contributed by atoms with van der Waals surface area (Å²) in [6.45, 7) is 4.04. The number of hydrogen-bond acceptors (Lipinski definition) is 5. The van der Waals surface area contributed by atoms with E-state index in [-0.39, 0.29) is 11.7 Å². The van der Waals surface area contributed by atoms with E-state index in [0.29, 0.717) is 23.6 Å². The lowest BCUT2D eigenvalue weighted by molar-refractivity contribution is -0.116. The van der Waals surface area contributed by atoms with Gasteiger partial charge in [-0.3, -0.25) is 9.59 Å². The molecule has 1 heterocycles. The topological polar surface area (TPSA) is 67.9 Å². The van der Waals surface area contributed by atoms with Gasteiger partial charge in [-0.15, -0.1) is 0 Å². The molecule has 0 unspecified atom stereocenters. The molecule has 1 amide bonds. The molecule has 142 valence electrons. The van der Waals surface area contributed by atoms with E-state index in [2.05, 4.69) is 5.32 Å². The number of fused-ring (bicyclic) bond motifs is 1. The van der Waals surface area contributed by atoms with Crippen LogP contribution in [0.3, 0.4) is 0 Å². The number of carbonyl (C=O) groups excluding carboxylic acids is 2. The summed E-state index contributed by atoms with van der Waals surface area (Å²) in [5.41, 5.74) is 3.29. The highest BCUT2D eigenvalue weighted by Crippen LogP contribution is 2.31. The second kappa shape index (κ2) is 7.70. The quantitative estimate of drug-likeness (QED) is 0.793. The van der Waals surface area contributed by atoms with Crippen molar-refractivity contribution < 1.29 is 19.1 Å². The minimum atomic E-state index is -0.435. The molecular weight excluding hydrogens is 344 g/mol. The summed E-state index contributed by atoms with van der Waals surface area (Å²) >= 11 is 0. The summed E-state index contributed by atoms with van der Waals surface area (Å²) in [6, 6.07) is 10.5. The van der Waals surface area contributed by atoms with Crippen molar-refractivity contribution >= 4 is 23.1 Å². The Morgan fingerprint density at radius 1 is 1.11 bits per heavy atom. The van der Waals surface area contributed by atoms with Gasteiger partial charge in [0.2, 0.25) is 5.91 Å². The highest BCUT2D eigenvalue weighted by Gasteiger charge is 2.24. The van der Waals surface area contributed by atoms with Crippen LogP contribution >= 0.6 is 0 Å². The van der Waals surface area contributed by atoms with Crippen LogP contribution in [0.4, 0.5) is 11.4 Å². The molecular formula is C21H24N2O4. The normalized spacial score (nSPS) is 13.7. The monoisotopic (exact) mass is 368 g/mol. The molecule has 2 aromatic rings. The van der Waals surface area contributed by atoms with E-state index in [1.54, 1.807) is 38.2 Å². The van der Waals surface area contributed by atoms with Crippen LogP contribution in [0.1, 0.15) is 29.8 Å². The Morgan fingerprint density at radius 3 is 2.56 bits per heavy atom. The van der Waals surface area contributed by atoms with E-state index in [4.69, 9.17) is 9.47 Å². The molecule has 0 bridgehead atoms. The lowest BCUT2D eigenvalue weighted by Crippen LogP contribution is -2.27. The number of anilines is 2. The van der Waals surface area contributed by atoms with E-state index < -0.39 is 6.04 Å². The first-order chi connectivity index (χ1) is 12.9. The van der Waals surface area contributed by atoms with Crippen molar-refractivity contribution in [3.63, 3.8) is 0 Å². The second-order valence-corrected chi connectivity index (χ2v) is 6.56. The van der Waals surface area contributed by atoms with Crippen LogP contribution in [0.25, 0.3) is 0 Å². The summed E-state index contributed by atoms with van der Waals surface area (Å²) in [7, 11) is 3.17. The molecule has 1 aliphatic rings. The smallest absolute Gasteiger partial charge is 0.223 e. The molecule has 0 radical (unpaired) electrons. The van der Waals surface area contributed by atoms with Gasteiger partial charge in [-0.25, -0.2) is 0 Å². The zero-order valence-corrected chi connectivity index (χ0v) is 16.0. The van der Waals surface area contributed by atoms with Crippen LogP contribution in [0.2, 0.25) is 0 Å². The maximum absolute atomic E-state index is 12.9. The first kappa shape index (κ1) is 18.8. The number of hydrogen-bond donors (Lipinski definition) is 1. The number of nitrogens with zero attached hydrogens (tertiary/aromatic N) is 1. The third-order valence-corrected chi connectivity index (χ3v) is 4.81. The van der Waals surface area contributed by atoms with E-state index in [1.165, 1.54) is 0 Å². The third-order valence-electron chi connectivity index (χ3n) is 4.81. The van der Waals surface area contributed by atoms with E-state index in [1.807, 2.05) is 31.2 Å². The largest absolute Gasteiger partial charge is 0.497 e. The van der Waals surface area contributed by atoms with E-state index in [0.717, 1.165) is 23.4 Å². The molecule has 1 aliphatic heterocycles. The summed E-state index contributed by atoms with van der Waals surface area (Å²) in [6.07, 6.45) is 0.768. The van der Waals surface area contributed by atoms with Gasteiger partial charge in [0, 0.05) is 30.8 Å². The van der Waals surface area contributed by atoms with Crippen LogP contribution < -0.4 is 19.7 Å². The van der Waals surface area contributed by atoms with Gasteiger partial charge < -0.3 is 19.7 Å². The fraction of sp³-hybridized carbons (Fsp3) is 0.333. The molecule has 0 aliphatic carbocycles. The van der Waals surface area contributed by atoms with Crippen LogP contribution in [0.15, 0.2) is 36.4 Å². The molecule has 0 aromatic heterocycles. The number of benzene rings is 2. The average molecular weight is 368 g/mol. The predicted molar refractivity (Wildman–Crippen MR) is 105 cm³/mol. The van der Waals surface area contributed by atoms with Crippen LogP contribution in [-0.4, -0.2) is 38.5 Å². The van der Waals surface area contributed by atoms with E-state index in [9.17, 15) is 9.59 Å². The fourth-order valence-corrected chi connectivity index (χ4v) is 3.35. The zero-order valence-electron chi connectivity index (χ0n) is 16.0. The van der Waals surface area contributed by atoms with Gasteiger partial charge in [0.25, 0.3) is 0 Å². The van der Waals surface area contributed by atoms with Crippen molar-refractivity contribution in [1.29, 1.82) is 0 Å². The minimum Gasteiger partial charge on any atom is -0.497 e. The molecule has 6 nitrogen and oxygen atoms in total. The number of amides is 1. The molecule has 27 heavy (non-hydrogen) atoms. The molecule has 1 N–H and O–H groups in total. The number of nitrogens with one attached hydrogen (secondary N) is 1. The summed E-state index contributed by atoms with van der Waals surface area (Å²) in [5.74, 6) is 1.30. The van der Waals surface area contributed by atoms with Gasteiger partial charge >= 0.3 is 0 Å². The standard InChI is InChI=1S/C21H24N2O4/c1-13(22-18-7-6-17(26-3)12-20(18)27-4)21(25)16-5-8-19-15(11-16)9-10-23(19)14(2)24/h5-8,11-13,22H,9-10H2,1-4H3/t13-/m1/s1. The molecule has 0 spiro atoms. The van der Waals surface area contributed by atoms with Crippen molar-refractivity contribution in [3.05, 3.63) is 47.5 Å². The molecule has 0 fully saturated rings. The van der Waals surface area contributed by atoms with Crippen molar-refractivity contribution in [3.8, 4) is 11.5 Å². The van der Waals surface area contributed by atoms with Crippen LogP contribution in [0, 0.1) is 0 Å². The SMILES string of the molecule is COc1ccc(N[C@H](C)C(=O)c2ccc3c(c2)CCN3C(C)=O)c(OC)c1. The Bertz CT molecular complexity index is 878. The molecule has 6 heteroatoms. The maximum Gasteiger partial charge on any atom is 0.223 e. The van der Waals surface area contributed by atoms with Crippen molar-refractivity contribution in [2.24, 2.45) is 0 Å². The molecule has 1 atom stereocenters. The molecule has 2 aromatic carbocycles. The van der Waals surface area contributed by atoms with Crippen LogP contribution in [0.5, 0.6) is 11.5 Å². The van der Waals surface area contributed by atoms with Gasteiger partial charge in [0.1, 0.15) is 11.5 Å². The summed E-state index contributed by atoms with van der Waals surface area (Å²) in [5, 5.41) is 3.21. The number of rotatable bonds is 6. The first-order valence-electron chi connectivity index (χ1n) is 8.88. The molecule has 0 saturated heterocycles. The Hall–Kier alpha value is -3.02. The lowest BCUT2D eigenvalue weighted by atomic mass is 10.0. The van der Waals surface area contributed by atoms with Gasteiger partial charge in [0.15, 0.2) is 5.78 Å². The van der Waals surface area contributed by atoms with Crippen molar-refractivity contribution in [2.75, 3.05) is 31.0 Å². The Kier molecular flexibility index (Phi) is 5.35. The summed E-state index contributed by atoms with van der Waals surface area (Å²) in [4.78, 5) is 26.3. The minimum absolute atomic E-state index is 0.0167. The first-order valence-corrected chi connectivity index (χ1v) is 8.88. The molecule has 3 rings (SSSR count). The predicted octanol–water partition coefficient (Wildman–Crippen LogP) is 3.30. The number of ether oxygens (including phenoxy) is 2. The van der Waals surface area contributed by atoms with Gasteiger partial charge in [0.05, 0.1) is 25.9 Å². The second-order valence-electron chi connectivity index (χ2n) is 6.56. The zero-order chi connectivity index (χ0) is 19.6. The summed E-state index contributed by atoms with van der Waals surface area (Å²) < 4.78 is 10.6. The lowest BCUT2D eigenvalue weighted by Gasteiger charge is -2.18.